The van der Waals surface area contributed by atoms with Crippen molar-refractivity contribution in [1.82, 2.24) is 0 Å². The van der Waals surface area contributed by atoms with E-state index >= 15 is 0 Å². The Bertz CT molecular complexity index is 447. The Labute approximate surface area is 125 Å². The van der Waals surface area contributed by atoms with Gasteiger partial charge >= 0.3 is 0 Å². The molecule has 0 aliphatic heterocycles. The minimum absolute atomic E-state index is 0.312. The van der Waals surface area contributed by atoms with Gasteiger partial charge in [-0.05, 0) is 49.1 Å². The average molecular weight is 270 g/mol. The largest absolute Gasteiger partial charge is 0.0781 e. The van der Waals surface area contributed by atoms with Gasteiger partial charge in [0.1, 0.15) is 0 Å². The highest BCUT2D eigenvalue weighted by Crippen LogP contribution is 2.33. The van der Waals surface area contributed by atoms with Crippen molar-refractivity contribution in [3.8, 4) is 0 Å². The summed E-state index contributed by atoms with van der Waals surface area (Å²) in [4.78, 5) is 0. The fourth-order valence-corrected chi connectivity index (χ4v) is 3.32. The molecule has 1 aromatic rings. The molecule has 0 amide bonds. The van der Waals surface area contributed by atoms with Gasteiger partial charge in [-0.1, -0.05) is 69.5 Å². The van der Waals surface area contributed by atoms with Crippen molar-refractivity contribution in [1.29, 1.82) is 0 Å². The fourth-order valence-electron chi connectivity index (χ4n) is 3.32. The van der Waals surface area contributed by atoms with Crippen LogP contribution in [-0.2, 0) is 5.41 Å². The zero-order valence-corrected chi connectivity index (χ0v) is 13.7. The van der Waals surface area contributed by atoms with Crippen molar-refractivity contribution in [2.45, 2.75) is 77.6 Å². The molecule has 0 heterocycles. The van der Waals surface area contributed by atoms with Gasteiger partial charge in [-0.3, -0.25) is 0 Å². The molecule has 0 bridgehead atoms. The lowest BCUT2D eigenvalue weighted by atomic mass is 9.79. The Morgan fingerprint density at radius 2 is 1.85 bits per heavy atom. The summed E-state index contributed by atoms with van der Waals surface area (Å²) < 4.78 is 0. The predicted octanol–water partition coefficient (Wildman–Crippen LogP) is 6.37. The Morgan fingerprint density at radius 1 is 1.15 bits per heavy atom. The summed E-state index contributed by atoms with van der Waals surface area (Å²) in [5.41, 5.74) is 4.87. The number of hydrogen-bond acceptors (Lipinski definition) is 0. The number of rotatable bonds is 5. The van der Waals surface area contributed by atoms with E-state index in [2.05, 4.69) is 58.0 Å². The number of allylic oxidation sites excluding steroid dienone is 2. The van der Waals surface area contributed by atoms with Crippen LogP contribution < -0.4 is 0 Å². The molecule has 2 rings (SSSR count). The highest BCUT2D eigenvalue weighted by atomic mass is 14.2. The van der Waals surface area contributed by atoms with Crippen LogP contribution >= 0.6 is 0 Å². The zero-order valence-electron chi connectivity index (χ0n) is 13.7. The third-order valence-corrected chi connectivity index (χ3v) is 4.85. The predicted molar refractivity (Wildman–Crippen MR) is 89.3 cm³/mol. The molecule has 20 heavy (non-hydrogen) atoms. The molecule has 0 radical (unpaired) electrons. The van der Waals surface area contributed by atoms with Crippen molar-refractivity contribution in [3.63, 3.8) is 0 Å². The Morgan fingerprint density at radius 3 is 2.45 bits per heavy atom. The first-order valence-corrected chi connectivity index (χ1v) is 8.30. The van der Waals surface area contributed by atoms with Crippen LogP contribution in [0.25, 0.3) is 0 Å². The summed E-state index contributed by atoms with van der Waals surface area (Å²) in [7, 11) is 0. The molecule has 0 saturated carbocycles. The van der Waals surface area contributed by atoms with Crippen LogP contribution in [0, 0.1) is 0 Å². The first-order chi connectivity index (χ1) is 9.53. The minimum atomic E-state index is 0.312. The molecule has 0 aromatic heterocycles. The summed E-state index contributed by atoms with van der Waals surface area (Å²) >= 11 is 0. The van der Waals surface area contributed by atoms with Crippen molar-refractivity contribution in [2.75, 3.05) is 0 Å². The molecule has 0 saturated heterocycles. The molecule has 0 heteroatoms. The van der Waals surface area contributed by atoms with E-state index in [1.165, 1.54) is 49.7 Å². The smallest absolute Gasteiger partial charge is 0.00206 e. The third-order valence-electron chi connectivity index (χ3n) is 4.85. The van der Waals surface area contributed by atoms with E-state index in [4.69, 9.17) is 0 Å². The highest BCUT2D eigenvalue weighted by molar-refractivity contribution is 5.33. The van der Waals surface area contributed by atoms with Crippen molar-refractivity contribution < 1.29 is 0 Å². The molecule has 0 N–H and O–H groups in total. The van der Waals surface area contributed by atoms with Crippen LogP contribution in [0.1, 0.15) is 83.3 Å². The van der Waals surface area contributed by atoms with Crippen molar-refractivity contribution >= 4 is 0 Å². The number of benzene rings is 1. The van der Waals surface area contributed by atoms with Gasteiger partial charge in [0.2, 0.25) is 0 Å². The van der Waals surface area contributed by atoms with Crippen LogP contribution in [0.4, 0.5) is 0 Å². The molecule has 0 fully saturated rings. The molecule has 0 spiro atoms. The van der Waals surface area contributed by atoms with Crippen LogP contribution in [0.3, 0.4) is 0 Å². The monoisotopic (exact) mass is 270 g/mol. The average Bonchev–Trinajstić information content (AvgIpc) is 2.45. The van der Waals surface area contributed by atoms with Gasteiger partial charge in [0, 0.05) is 5.92 Å². The first kappa shape index (κ1) is 15.4. The van der Waals surface area contributed by atoms with Gasteiger partial charge in [0.05, 0.1) is 0 Å². The van der Waals surface area contributed by atoms with E-state index < -0.39 is 0 Å². The third kappa shape index (κ3) is 3.75. The molecular formula is C20H30. The topological polar surface area (TPSA) is 0 Å². The van der Waals surface area contributed by atoms with Gasteiger partial charge in [-0.15, -0.1) is 0 Å². The van der Waals surface area contributed by atoms with E-state index in [1.54, 1.807) is 5.57 Å². The second-order valence-corrected chi connectivity index (χ2v) is 7.12. The van der Waals surface area contributed by atoms with Crippen LogP contribution in [-0.4, -0.2) is 0 Å². The Balaban J connectivity index is 2.11. The SMILES string of the molecule is CCCCC(C)(C)c1ccc(C2C=C(C)CCC2)cc1. The van der Waals surface area contributed by atoms with Crippen LogP contribution in [0.2, 0.25) is 0 Å². The maximum atomic E-state index is 2.47. The van der Waals surface area contributed by atoms with Gasteiger partial charge in [-0.25, -0.2) is 0 Å². The molecule has 1 unspecified atom stereocenters. The molecular weight excluding hydrogens is 240 g/mol. The quantitative estimate of drug-likeness (QED) is 0.545. The first-order valence-electron chi connectivity index (χ1n) is 8.30. The zero-order chi connectivity index (χ0) is 14.6. The van der Waals surface area contributed by atoms with Gasteiger partial charge in [-0.2, -0.15) is 0 Å². The van der Waals surface area contributed by atoms with E-state index in [-0.39, 0.29) is 0 Å². The van der Waals surface area contributed by atoms with Gasteiger partial charge in [0.15, 0.2) is 0 Å². The van der Waals surface area contributed by atoms with E-state index in [9.17, 15) is 0 Å². The summed E-state index contributed by atoms with van der Waals surface area (Å²) in [5, 5.41) is 0. The number of hydrogen-bond donors (Lipinski definition) is 0. The second-order valence-electron chi connectivity index (χ2n) is 7.12. The lowest BCUT2D eigenvalue weighted by molar-refractivity contribution is 0.457. The summed E-state index contributed by atoms with van der Waals surface area (Å²) in [6.45, 7) is 9.30. The number of unbranched alkanes of at least 4 members (excludes halogenated alkanes) is 1. The van der Waals surface area contributed by atoms with Crippen molar-refractivity contribution in [2.24, 2.45) is 0 Å². The Hall–Kier alpha value is -1.04. The maximum absolute atomic E-state index is 2.47. The lowest BCUT2D eigenvalue weighted by Gasteiger charge is -2.26. The summed E-state index contributed by atoms with van der Waals surface area (Å²) in [6, 6.07) is 9.46. The van der Waals surface area contributed by atoms with Crippen molar-refractivity contribution in [3.05, 3.63) is 47.0 Å². The van der Waals surface area contributed by atoms with E-state index in [0.29, 0.717) is 11.3 Å². The lowest BCUT2D eigenvalue weighted by Crippen LogP contribution is -2.17. The highest BCUT2D eigenvalue weighted by Gasteiger charge is 2.20. The van der Waals surface area contributed by atoms with Crippen LogP contribution in [0.15, 0.2) is 35.9 Å². The van der Waals surface area contributed by atoms with Gasteiger partial charge in [0.25, 0.3) is 0 Å². The standard InChI is InChI=1S/C20H30/c1-5-6-14-20(3,4)19-12-10-17(11-13-19)18-9-7-8-16(2)15-18/h10-13,15,18H,5-9,14H2,1-4H3. The van der Waals surface area contributed by atoms with Crippen LogP contribution in [0.5, 0.6) is 0 Å². The molecule has 1 aliphatic carbocycles. The fraction of sp³-hybridized carbons (Fsp3) is 0.600. The van der Waals surface area contributed by atoms with Gasteiger partial charge < -0.3 is 0 Å². The Kier molecular flexibility index (Phi) is 5.07. The van der Waals surface area contributed by atoms with E-state index in [1.807, 2.05) is 0 Å². The molecule has 1 aliphatic rings. The summed E-state index contributed by atoms with van der Waals surface area (Å²) in [6.07, 6.45) is 10.3. The molecule has 1 atom stereocenters. The minimum Gasteiger partial charge on any atom is -0.0781 e. The second kappa shape index (κ2) is 6.61. The normalized spacial score (nSPS) is 19.8. The summed E-state index contributed by atoms with van der Waals surface area (Å²) in [5.74, 6) is 0.650. The molecule has 0 nitrogen and oxygen atoms in total. The molecule has 110 valence electrons. The molecule has 1 aromatic carbocycles. The van der Waals surface area contributed by atoms with E-state index in [0.717, 1.165) is 0 Å². The maximum Gasteiger partial charge on any atom is 0.00206 e.